The van der Waals surface area contributed by atoms with E-state index < -0.39 is 18.4 Å². The van der Waals surface area contributed by atoms with Gasteiger partial charge in [-0.1, -0.05) is 18.2 Å². The molecule has 0 fully saturated rings. The van der Waals surface area contributed by atoms with Crippen molar-refractivity contribution in [1.29, 1.82) is 0 Å². The third-order valence-electron chi connectivity index (χ3n) is 1.43. The molecular formula is C9H8LiNO3. The number of carbonyl (C=O) groups excluding carboxylic acids is 2. The van der Waals surface area contributed by atoms with E-state index in [0.717, 1.165) is 0 Å². The molecule has 0 saturated carbocycles. The van der Waals surface area contributed by atoms with Crippen molar-refractivity contribution in [2.45, 2.75) is 0 Å². The van der Waals surface area contributed by atoms with Crippen LogP contribution in [0.2, 0.25) is 0 Å². The monoisotopic (exact) mass is 185 g/mol. The Morgan fingerprint density at radius 1 is 1.21 bits per heavy atom. The van der Waals surface area contributed by atoms with Crippen molar-refractivity contribution >= 4 is 11.9 Å². The number of amides is 1. The molecule has 5 heteroatoms. The summed E-state index contributed by atoms with van der Waals surface area (Å²) in [7, 11) is 0. The molecule has 68 valence electrons. The molecule has 0 aromatic heterocycles. The minimum atomic E-state index is -1.30. The van der Waals surface area contributed by atoms with Gasteiger partial charge in [0.05, 0.1) is 12.5 Å². The summed E-state index contributed by atoms with van der Waals surface area (Å²) >= 11 is 0. The molecule has 1 aromatic carbocycles. The molecule has 0 heterocycles. The molecule has 1 aromatic rings. The van der Waals surface area contributed by atoms with E-state index in [-0.39, 0.29) is 18.9 Å². The molecule has 0 saturated heterocycles. The summed E-state index contributed by atoms with van der Waals surface area (Å²) in [6, 6.07) is 8.38. The van der Waals surface area contributed by atoms with E-state index in [9.17, 15) is 14.7 Å². The Kier molecular flexibility index (Phi) is 5.69. The maximum atomic E-state index is 11.1. The van der Waals surface area contributed by atoms with Crippen LogP contribution in [-0.4, -0.2) is 18.4 Å². The maximum Gasteiger partial charge on any atom is 1.00 e. The number of hydrogen-bond donors (Lipinski definition) is 1. The number of carboxylic acid groups (broad SMARTS) is 1. The van der Waals surface area contributed by atoms with Crippen LogP contribution in [0.25, 0.3) is 0 Å². The van der Waals surface area contributed by atoms with Crippen LogP contribution in [0.1, 0.15) is 10.4 Å². The molecule has 0 spiro atoms. The number of carboxylic acids is 1. The SMILES string of the molecule is O=C([O-])CNC(=O)c1ccccc1.[Li+]. The van der Waals surface area contributed by atoms with Gasteiger partial charge in [-0.25, -0.2) is 0 Å². The van der Waals surface area contributed by atoms with Crippen molar-refractivity contribution in [3.63, 3.8) is 0 Å². The fraction of sp³-hybridized carbons (Fsp3) is 0.111. The van der Waals surface area contributed by atoms with Crippen molar-refractivity contribution in [2.75, 3.05) is 6.54 Å². The van der Waals surface area contributed by atoms with Gasteiger partial charge in [-0.3, -0.25) is 4.79 Å². The van der Waals surface area contributed by atoms with E-state index in [4.69, 9.17) is 0 Å². The second-order valence-electron chi connectivity index (χ2n) is 2.42. The molecule has 14 heavy (non-hydrogen) atoms. The predicted molar refractivity (Wildman–Crippen MR) is 43.8 cm³/mol. The van der Waals surface area contributed by atoms with Gasteiger partial charge < -0.3 is 15.2 Å². The van der Waals surface area contributed by atoms with Crippen LogP contribution in [0.15, 0.2) is 30.3 Å². The van der Waals surface area contributed by atoms with Crippen molar-refractivity contribution in [3.8, 4) is 0 Å². The molecule has 0 unspecified atom stereocenters. The third-order valence-corrected chi connectivity index (χ3v) is 1.43. The topological polar surface area (TPSA) is 69.2 Å². The van der Waals surface area contributed by atoms with Gasteiger partial charge in [0.2, 0.25) is 0 Å². The Bertz CT molecular complexity index is 313. The molecule has 4 nitrogen and oxygen atoms in total. The van der Waals surface area contributed by atoms with Crippen LogP contribution in [0.5, 0.6) is 0 Å². The zero-order valence-corrected chi connectivity index (χ0v) is 7.82. The largest absolute Gasteiger partial charge is 1.00 e. The standard InChI is InChI=1S/C9H9NO3.Li/c11-8(12)6-10-9(13)7-4-2-1-3-5-7;/h1-5H,6H2,(H,10,13)(H,11,12);/q;+1/p-1. The van der Waals surface area contributed by atoms with Crippen LogP contribution in [0, 0.1) is 0 Å². The van der Waals surface area contributed by atoms with Crippen molar-refractivity contribution in [3.05, 3.63) is 35.9 Å². The van der Waals surface area contributed by atoms with Crippen LogP contribution < -0.4 is 29.3 Å². The zero-order valence-electron chi connectivity index (χ0n) is 7.82. The average molecular weight is 185 g/mol. The average Bonchev–Trinajstić information content (AvgIpc) is 2.15. The molecule has 0 bridgehead atoms. The summed E-state index contributed by atoms with van der Waals surface area (Å²) in [4.78, 5) is 21.2. The molecule has 0 aliphatic heterocycles. The van der Waals surface area contributed by atoms with Crippen molar-refractivity contribution in [1.82, 2.24) is 5.32 Å². The van der Waals surface area contributed by atoms with Crippen LogP contribution in [0.4, 0.5) is 0 Å². The molecule has 0 radical (unpaired) electrons. The summed E-state index contributed by atoms with van der Waals surface area (Å²) in [5, 5.41) is 12.2. The first kappa shape index (κ1) is 12.8. The van der Waals surface area contributed by atoms with Crippen LogP contribution in [-0.2, 0) is 4.79 Å². The molecule has 0 atom stereocenters. The van der Waals surface area contributed by atoms with Gasteiger partial charge in [0.1, 0.15) is 0 Å². The molecular weight excluding hydrogens is 177 g/mol. The summed E-state index contributed by atoms with van der Waals surface area (Å²) < 4.78 is 0. The number of nitrogens with one attached hydrogen (secondary N) is 1. The third kappa shape index (κ3) is 4.12. The van der Waals surface area contributed by atoms with Gasteiger partial charge >= 0.3 is 18.9 Å². The van der Waals surface area contributed by atoms with Gasteiger partial charge in [0.15, 0.2) is 0 Å². The quantitative estimate of drug-likeness (QED) is 0.490. The van der Waals surface area contributed by atoms with Gasteiger partial charge in [0, 0.05) is 5.56 Å². The maximum absolute atomic E-state index is 11.1. The number of carbonyl (C=O) groups is 2. The van der Waals surface area contributed by atoms with E-state index in [1.165, 1.54) is 0 Å². The van der Waals surface area contributed by atoms with Crippen LogP contribution >= 0.6 is 0 Å². The number of hydrogen-bond acceptors (Lipinski definition) is 3. The second kappa shape index (κ2) is 6.25. The van der Waals surface area contributed by atoms with E-state index in [1.54, 1.807) is 30.3 Å². The second-order valence-corrected chi connectivity index (χ2v) is 2.42. The zero-order chi connectivity index (χ0) is 9.68. The van der Waals surface area contributed by atoms with Gasteiger partial charge in [-0.15, -0.1) is 0 Å². The van der Waals surface area contributed by atoms with Gasteiger partial charge in [-0.2, -0.15) is 0 Å². The fourth-order valence-electron chi connectivity index (χ4n) is 0.844. The summed E-state index contributed by atoms with van der Waals surface area (Å²) in [5.41, 5.74) is 0.434. The number of aliphatic carboxylic acids is 1. The smallest absolute Gasteiger partial charge is 0.548 e. The van der Waals surface area contributed by atoms with E-state index in [2.05, 4.69) is 5.32 Å². The Morgan fingerprint density at radius 3 is 2.29 bits per heavy atom. The molecule has 0 aliphatic rings. The Balaban J connectivity index is 0.00000169. The first-order valence-electron chi connectivity index (χ1n) is 3.73. The summed E-state index contributed by atoms with van der Waals surface area (Å²) in [5.74, 6) is -1.71. The van der Waals surface area contributed by atoms with Crippen molar-refractivity contribution < 1.29 is 33.6 Å². The number of rotatable bonds is 3. The van der Waals surface area contributed by atoms with Crippen molar-refractivity contribution in [2.24, 2.45) is 0 Å². The normalized spacial score (nSPS) is 8.57. The first-order valence-corrected chi connectivity index (χ1v) is 3.73. The Labute approximate surface area is 93.5 Å². The summed E-state index contributed by atoms with van der Waals surface area (Å²) in [6.07, 6.45) is 0. The molecule has 1 N–H and O–H groups in total. The van der Waals surface area contributed by atoms with E-state index in [0.29, 0.717) is 5.56 Å². The molecule has 0 aliphatic carbocycles. The fourth-order valence-corrected chi connectivity index (χ4v) is 0.844. The first-order chi connectivity index (χ1) is 6.20. The molecule has 1 rings (SSSR count). The molecule has 1 amide bonds. The van der Waals surface area contributed by atoms with E-state index >= 15 is 0 Å². The summed E-state index contributed by atoms with van der Waals surface area (Å²) in [6.45, 7) is -0.465. The van der Waals surface area contributed by atoms with Gasteiger partial charge in [0.25, 0.3) is 5.91 Å². The number of benzene rings is 1. The Morgan fingerprint density at radius 2 is 1.79 bits per heavy atom. The van der Waals surface area contributed by atoms with E-state index in [1.807, 2.05) is 0 Å². The predicted octanol–water partition coefficient (Wildman–Crippen LogP) is -3.83. The Hall–Kier alpha value is -1.24. The minimum Gasteiger partial charge on any atom is -0.548 e. The van der Waals surface area contributed by atoms with Crippen LogP contribution in [0.3, 0.4) is 0 Å². The minimum absolute atomic E-state index is 0. The van der Waals surface area contributed by atoms with Gasteiger partial charge in [-0.05, 0) is 12.1 Å².